The highest BCUT2D eigenvalue weighted by Gasteiger charge is 2.75. The number of aliphatic hydroxyl groups is 1. The van der Waals surface area contributed by atoms with Crippen LogP contribution in [0.1, 0.15) is 90.2 Å². The molecule has 0 bridgehead atoms. The molecule has 318 valence electrons. The number of fused-ring (bicyclic) bond motifs is 3. The molecule has 9 rings (SSSR count). The zero-order valence-electron chi connectivity index (χ0n) is 34.9. The summed E-state index contributed by atoms with van der Waals surface area (Å²) in [5.74, 6) is 2.98. The number of primary amides is 1. The Bertz CT molecular complexity index is 2640. The van der Waals surface area contributed by atoms with Gasteiger partial charge in [-0.15, -0.1) is 0 Å². The van der Waals surface area contributed by atoms with Crippen molar-refractivity contribution < 1.29 is 33.8 Å². The van der Waals surface area contributed by atoms with Crippen molar-refractivity contribution in [3.8, 4) is 17.6 Å². The lowest BCUT2D eigenvalue weighted by atomic mass is 9.65. The summed E-state index contributed by atoms with van der Waals surface area (Å²) in [6.07, 6.45) is 5.17. The van der Waals surface area contributed by atoms with Gasteiger partial charge in [0.1, 0.15) is 29.9 Å². The molecule has 5 aromatic rings. The van der Waals surface area contributed by atoms with Crippen LogP contribution in [0.2, 0.25) is 0 Å². The summed E-state index contributed by atoms with van der Waals surface area (Å²) < 4.78 is 12.7. The summed E-state index contributed by atoms with van der Waals surface area (Å²) in [4.78, 5) is 63.8. The molecular weight excluding hydrogens is 793 g/mol. The Morgan fingerprint density at radius 3 is 2.24 bits per heavy atom. The minimum Gasteiger partial charge on any atom is -0.491 e. The molecule has 7 atom stereocenters. The number of cyclic esters (lactones) is 1. The van der Waals surface area contributed by atoms with E-state index in [1.165, 1.54) is 0 Å². The number of imide groups is 1. The Kier molecular flexibility index (Phi) is 11.4. The molecule has 5 aromatic carbocycles. The Balaban J connectivity index is 1.33. The molecule has 1 spiro atoms. The van der Waals surface area contributed by atoms with E-state index in [9.17, 15) is 14.7 Å². The average Bonchev–Trinajstić information content (AvgIpc) is 3.77. The molecule has 1 aliphatic carbocycles. The minimum absolute atomic E-state index is 0.0811. The van der Waals surface area contributed by atoms with Gasteiger partial charge in [0.05, 0.1) is 36.3 Å². The van der Waals surface area contributed by atoms with Gasteiger partial charge in [-0.1, -0.05) is 127 Å². The van der Waals surface area contributed by atoms with Crippen LogP contribution in [0.15, 0.2) is 145 Å². The van der Waals surface area contributed by atoms with Gasteiger partial charge in [-0.3, -0.25) is 19.3 Å². The van der Waals surface area contributed by atoms with E-state index in [0.29, 0.717) is 28.0 Å². The van der Waals surface area contributed by atoms with Crippen LogP contribution in [0.25, 0.3) is 0 Å². The molecule has 0 aromatic heterocycles. The van der Waals surface area contributed by atoms with Crippen molar-refractivity contribution in [2.45, 2.75) is 68.3 Å². The molecule has 4 aliphatic rings. The standard InChI is InChI=1S/C52H48N4O7/c1-33(36-18-8-3-9-19-36)54-51(61)55-41-29-28-35(27-26-34-16-6-2-7-17-34)32-40(41)52(50(55)60)43(48(53)58)45-49(59)63-46(38-22-12-5-13-23-38)44(37-20-10-4-11-21-37)56(45)47(52)39-24-14-15-25-42(39)62-31-30-57/h3-5,8-16,18-25,28-29,32-33,43-47,57H,2,6-7,17,30-31H2,1H3,(H2,53,58)(H,54,61)/t33-,43-,44-,45-,46+,47+,52-/m1/s1. The zero-order valence-corrected chi connectivity index (χ0v) is 34.9. The van der Waals surface area contributed by atoms with Crippen molar-refractivity contribution in [1.82, 2.24) is 10.2 Å². The smallest absolute Gasteiger partial charge is 0.329 e. The second kappa shape index (κ2) is 17.4. The third-order valence-electron chi connectivity index (χ3n) is 12.8. The molecule has 0 radical (unpaired) electrons. The number of carbonyl (C=O) groups is 4. The molecular formula is C52H48N4O7. The summed E-state index contributed by atoms with van der Waals surface area (Å²) in [6, 6.07) is 35.9. The van der Waals surface area contributed by atoms with Crippen molar-refractivity contribution in [3.63, 3.8) is 0 Å². The number of para-hydroxylation sites is 1. The fourth-order valence-electron chi connectivity index (χ4n) is 10.2. The fraction of sp³-hybridized carbons (Fsp3) is 0.269. The first-order valence-corrected chi connectivity index (χ1v) is 21.5. The number of nitrogens with one attached hydrogen (secondary N) is 1. The van der Waals surface area contributed by atoms with Crippen LogP contribution in [0.4, 0.5) is 10.5 Å². The number of amides is 4. The molecule has 4 N–H and O–H groups in total. The van der Waals surface area contributed by atoms with Gasteiger partial charge in [0.2, 0.25) is 11.8 Å². The highest BCUT2D eigenvalue weighted by Crippen LogP contribution is 2.66. The van der Waals surface area contributed by atoms with Crippen molar-refractivity contribution in [2.75, 3.05) is 18.1 Å². The third kappa shape index (κ3) is 7.25. The van der Waals surface area contributed by atoms with Crippen LogP contribution in [-0.2, 0) is 24.5 Å². The first kappa shape index (κ1) is 41.4. The highest BCUT2D eigenvalue weighted by atomic mass is 16.6. The van der Waals surface area contributed by atoms with Crippen LogP contribution in [0.3, 0.4) is 0 Å². The molecule has 11 heteroatoms. The molecule has 3 aliphatic heterocycles. The monoisotopic (exact) mass is 840 g/mol. The van der Waals surface area contributed by atoms with Gasteiger partial charge < -0.3 is 25.6 Å². The number of hydrogen-bond acceptors (Lipinski definition) is 8. The van der Waals surface area contributed by atoms with Crippen LogP contribution < -0.4 is 20.7 Å². The summed E-state index contributed by atoms with van der Waals surface area (Å²) in [7, 11) is 0. The van der Waals surface area contributed by atoms with Crippen molar-refractivity contribution in [3.05, 3.63) is 178 Å². The molecule has 11 nitrogen and oxygen atoms in total. The Morgan fingerprint density at radius 2 is 1.56 bits per heavy atom. The van der Waals surface area contributed by atoms with Gasteiger partial charge in [0.25, 0.3) is 0 Å². The fourth-order valence-corrected chi connectivity index (χ4v) is 10.2. The maximum absolute atomic E-state index is 16.3. The molecule has 3 heterocycles. The quantitative estimate of drug-likeness (QED) is 0.102. The van der Waals surface area contributed by atoms with Crippen LogP contribution in [-0.4, -0.2) is 53.1 Å². The predicted octanol–water partition coefficient (Wildman–Crippen LogP) is 7.53. The number of nitrogens with two attached hydrogens (primary N) is 1. The number of rotatable bonds is 9. The van der Waals surface area contributed by atoms with Gasteiger partial charge in [-0.25, -0.2) is 9.69 Å². The maximum atomic E-state index is 16.3. The minimum atomic E-state index is -2.03. The number of carbonyl (C=O) groups excluding carboxylic acids is 4. The largest absolute Gasteiger partial charge is 0.491 e. The van der Waals surface area contributed by atoms with E-state index >= 15 is 9.59 Å². The molecule has 2 fully saturated rings. The Morgan fingerprint density at radius 1 is 0.873 bits per heavy atom. The average molecular weight is 841 g/mol. The summed E-state index contributed by atoms with van der Waals surface area (Å²) >= 11 is 0. The van der Waals surface area contributed by atoms with Crippen LogP contribution >= 0.6 is 0 Å². The number of benzene rings is 5. The second-order valence-electron chi connectivity index (χ2n) is 16.5. The topological polar surface area (TPSA) is 152 Å². The van der Waals surface area contributed by atoms with Gasteiger partial charge in [0.15, 0.2) is 0 Å². The number of urea groups is 1. The zero-order chi connectivity index (χ0) is 43.7. The lowest BCUT2D eigenvalue weighted by Crippen LogP contribution is -2.55. The molecule has 0 saturated carbocycles. The van der Waals surface area contributed by atoms with Crippen LogP contribution in [0.5, 0.6) is 5.75 Å². The summed E-state index contributed by atoms with van der Waals surface area (Å²) in [5.41, 5.74) is 9.35. The number of ether oxygens (including phenoxy) is 2. The summed E-state index contributed by atoms with van der Waals surface area (Å²) in [6.45, 7) is 1.44. The number of allylic oxidation sites excluding steroid dienone is 2. The van der Waals surface area contributed by atoms with Gasteiger partial charge in [-0.2, -0.15) is 0 Å². The predicted molar refractivity (Wildman–Crippen MR) is 237 cm³/mol. The lowest BCUT2D eigenvalue weighted by Gasteiger charge is -2.46. The number of morpholine rings is 1. The lowest BCUT2D eigenvalue weighted by molar-refractivity contribution is -0.178. The number of hydrogen-bond donors (Lipinski definition) is 3. The number of esters is 1. The first-order chi connectivity index (χ1) is 30.7. The van der Waals surface area contributed by atoms with Gasteiger partial charge in [-0.05, 0) is 84.7 Å². The van der Waals surface area contributed by atoms with E-state index in [1.807, 2.05) is 103 Å². The van der Waals surface area contributed by atoms with Crippen molar-refractivity contribution in [2.24, 2.45) is 11.7 Å². The number of nitrogens with zero attached hydrogens (tertiary/aromatic N) is 2. The second-order valence-corrected chi connectivity index (χ2v) is 16.5. The third-order valence-corrected chi connectivity index (χ3v) is 12.8. The van der Waals surface area contributed by atoms with Gasteiger partial charge in [0, 0.05) is 11.1 Å². The first-order valence-electron chi connectivity index (χ1n) is 21.5. The van der Waals surface area contributed by atoms with Crippen molar-refractivity contribution >= 4 is 29.5 Å². The van der Waals surface area contributed by atoms with E-state index < -0.39 is 65.4 Å². The number of anilines is 1. The Hall–Kier alpha value is -7.00. The van der Waals surface area contributed by atoms with Crippen molar-refractivity contribution in [1.29, 1.82) is 0 Å². The molecule has 4 amide bonds. The van der Waals surface area contributed by atoms with Crippen LogP contribution in [0, 0.1) is 17.8 Å². The normalized spacial score (nSPS) is 24.3. The molecule has 63 heavy (non-hydrogen) atoms. The molecule has 2 saturated heterocycles. The van der Waals surface area contributed by atoms with E-state index in [1.54, 1.807) is 42.5 Å². The Labute approximate surface area is 366 Å². The summed E-state index contributed by atoms with van der Waals surface area (Å²) in [5, 5.41) is 13.0. The molecule has 0 unspecified atom stereocenters. The van der Waals surface area contributed by atoms with E-state index in [-0.39, 0.29) is 18.9 Å². The van der Waals surface area contributed by atoms with E-state index in [0.717, 1.165) is 47.3 Å². The van der Waals surface area contributed by atoms with E-state index in [4.69, 9.17) is 15.2 Å². The number of aliphatic hydroxyl groups excluding tert-OH is 1. The van der Waals surface area contributed by atoms with Gasteiger partial charge >= 0.3 is 12.0 Å². The maximum Gasteiger partial charge on any atom is 0.329 e. The SMILES string of the molecule is C[C@@H](NC(=O)N1C(=O)[C@@]2(c3cc(C#CC4=CCCCC4)ccc31)[C@H](c1ccccc1OCCO)N1[C@H](c3ccccc3)[C@H](c3ccccc3)OC(=O)[C@H]1[C@@H]2C(N)=O)c1ccccc1. The van der Waals surface area contributed by atoms with E-state index in [2.05, 4.69) is 23.2 Å². The highest BCUT2D eigenvalue weighted by molar-refractivity contribution is 6.24.